The summed E-state index contributed by atoms with van der Waals surface area (Å²) in [5.41, 5.74) is 0. The molecule has 2 N–H and O–H groups in total. The molecule has 0 aromatic rings. The Bertz CT molecular complexity index is 189. The Morgan fingerprint density at radius 1 is 1.36 bits per heavy atom. The van der Waals surface area contributed by atoms with Gasteiger partial charge in [0, 0.05) is 38.3 Å². The number of β-amino-alcohol motifs (C(OH)–C–C–N with tert-alkyl or cyclic N) is 1. The first-order chi connectivity index (χ1) is 6.79. The summed E-state index contributed by atoms with van der Waals surface area (Å²) in [6, 6.07) is 0.809. The van der Waals surface area contributed by atoms with Crippen LogP contribution in [0.1, 0.15) is 13.3 Å². The van der Waals surface area contributed by atoms with Crippen molar-refractivity contribution >= 4 is 0 Å². The number of aliphatic hydroxyl groups excluding tert-OH is 1. The van der Waals surface area contributed by atoms with E-state index in [0.29, 0.717) is 6.04 Å². The SMILES string of the molecule is CC1CCOCCN1[C@@H]1CNC[C@H]1O. The van der Waals surface area contributed by atoms with E-state index in [2.05, 4.69) is 17.1 Å². The molecule has 2 aliphatic rings. The van der Waals surface area contributed by atoms with Crippen LogP contribution in [-0.2, 0) is 4.74 Å². The number of nitrogens with zero attached hydrogens (tertiary/aromatic N) is 1. The monoisotopic (exact) mass is 200 g/mol. The van der Waals surface area contributed by atoms with E-state index in [1.807, 2.05) is 0 Å². The van der Waals surface area contributed by atoms with E-state index in [1.54, 1.807) is 0 Å². The zero-order chi connectivity index (χ0) is 9.97. The van der Waals surface area contributed by atoms with Gasteiger partial charge in [-0.25, -0.2) is 0 Å². The molecule has 0 aliphatic carbocycles. The quantitative estimate of drug-likeness (QED) is 0.595. The maximum absolute atomic E-state index is 9.81. The van der Waals surface area contributed by atoms with Crippen LogP contribution in [0.4, 0.5) is 0 Å². The van der Waals surface area contributed by atoms with Crippen LogP contribution in [-0.4, -0.2) is 61.0 Å². The van der Waals surface area contributed by atoms with Crippen molar-refractivity contribution in [1.82, 2.24) is 10.2 Å². The van der Waals surface area contributed by atoms with E-state index >= 15 is 0 Å². The Labute approximate surface area is 85.2 Å². The summed E-state index contributed by atoms with van der Waals surface area (Å²) in [5, 5.41) is 13.0. The van der Waals surface area contributed by atoms with Crippen molar-refractivity contribution in [2.45, 2.75) is 31.5 Å². The van der Waals surface area contributed by atoms with Crippen molar-refractivity contribution in [1.29, 1.82) is 0 Å². The lowest BCUT2D eigenvalue weighted by atomic mass is 10.1. The molecule has 0 aromatic carbocycles. The molecule has 0 bridgehead atoms. The highest BCUT2D eigenvalue weighted by molar-refractivity contribution is 4.91. The minimum atomic E-state index is -0.212. The third-order valence-corrected chi connectivity index (χ3v) is 3.32. The van der Waals surface area contributed by atoms with Crippen LogP contribution in [0.15, 0.2) is 0 Å². The first kappa shape index (κ1) is 10.4. The number of aliphatic hydroxyl groups is 1. The van der Waals surface area contributed by atoms with Gasteiger partial charge < -0.3 is 15.2 Å². The molecule has 2 saturated heterocycles. The second-order valence-corrected chi connectivity index (χ2v) is 4.28. The molecule has 14 heavy (non-hydrogen) atoms. The smallest absolute Gasteiger partial charge is 0.0831 e. The summed E-state index contributed by atoms with van der Waals surface area (Å²) in [6.45, 7) is 6.46. The number of ether oxygens (including phenoxy) is 1. The molecule has 2 rings (SSSR count). The van der Waals surface area contributed by atoms with E-state index in [4.69, 9.17) is 4.74 Å². The molecule has 0 spiro atoms. The number of rotatable bonds is 1. The Morgan fingerprint density at radius 2 is 2.21 bits per heavy atom. The zero-order valence-electron chi connectivity index (χ0n) is 8.78. The predicted molar refractivity (Wildman–Crippen MR) is 54.3 cm³/mol. The van der Waals surface area contributed by atoms with Gasteiger partial charge in [0.15, 0.2) is 0 Å². The molecule has 0 amide bonds. The molecule has 0 saturated carbocycles. The molecule has 4 heteroatoms. The number of hydrogen-bond acceptors (Lipinski definition) is 4. The molecule has 82 valence electrons. The van der Waals surface area contributed by atoms with Crippen molar-refractivity contribution in [2.24, 2.45) is 0 Å². The van der Waals surface area contributed by atoms with Crippen molar-refractivity contribution in [3.05, 3.63) is 0 Å². The van der Waals surface area contributed by atoms with E-state index < -0.39 is 0 Å². The average molecular weight is 200 g/mol. The van der Waals surface area contributed by atoms with Crippen molar-refractivity contribution in [2.75, 3.05) is 32.8 Å². The van der Waals surface area contributed by atoms with Gasteiger partial charge in [-0.2, -0.15) is 0 Å². The minimum Gasteiger partial charge on any atom is -0.390 e. The number of nitrogens with one attached hydrogen (secondary N) is 1. The van der Waals surface area contributed by atoms with Gasteiger partial charge in [-0.1, -0.05) is 0 Å². The molecular formula is C10H20N2O2. The van der Waals surface area contributed by atoms with Gasteiger partial charge in [0.25, 0.3) is 0 Å². The van der Waals surface area contributed by atoms with Crippen LogP contribution in [0, 0.1) is 0 Å². The normalized spacial score (nSPS) is 41.1. The average Bonchev–Trinajstić information content (AvgIpc) is 2.46. The fraction of sp³-hybridized carbons (Fsp3) is 1.00. The van der Waals surface area contributed by atoms with Crippen molar-refractivity contribution < 1.29 is 9.84 Å². The third kappa shape index (κ3) is 2.08. The van der Waals surface area contributed by atoms with Crippen LogP contribution >= 0.6 is 0 Å². The van der Waals surface area contributed by atoms with Crippen LogP contribution in [0.25, 0.3) is 0 Å². The lowest BCUT2D eigenvalue weighted by Gasteiger charge is -2.33. The van der Waals surface area contributed by atoms with Gasteiger partial charge >= 0.3 is 0 Å². The van der Waals surface area contributed by atoms with Gasteiger partial charge in [0.05, 0.1) is 12.7 Å². The maximum Gasteiger partial charge on any atom is 0.0831 e. The second kappa shape index (κ2) is 4.57. The van der Waals surface area contributed by atoms with Gasteiger partial charge in [-0.3, -0.25) is 4.90 Å². The molecule has 4 nitrogen and oxygen atoms in total. The Morgan fingerprint density at radius 3 is 2.93 bits per heavy atom. The van der Waals surface area contributed by atoms with Crippen LogP contribution in [0.3, 0.4) is 0 Å². The summed E-state index contributed by atoms with van der Waals surface area (Å²) in [7, 11) is 0. The Hall–Kier alpha value is -0.160. The van der Waals surface area contributed by atoms with Crippen LogP contribution in [0.2, 0.25) is 0 Å². The highest BCUT2D eigenvalue weighted by atomic mass is 16.5. The predicted octanol–water partition coefficient (Wildman–Crippen LogP) is -0.570. The summed E-state index contributed by atoms with van der Waals surface area (Å²) >= 11 is 0. The minimum absolute atomic E-state index is 0.212. The molecule has 3 atom stereocenters. The van der Waals surface area contributed by atoms with Crippen LogP contribution in [0.5, 0.6) is 0 Å². The van der Waals surface area contributed by atoms with Gasteiger partial charge in [0.2, 0.25) is 0 Å². The highest BCUT2D eigenvalue weighted by Gasteiger charge is 2.33. The van der Waals surface area contributed by atoms with E-state index in [1.165, 1.54) is 0 Å². The summed E-state index contributed by atoms with van der Waals surface area (Å²) < 4.78 is 5.45. The summed E-state index contributed by atoms with van der Waals surface area (Å²) in [5.74, 6) is 0. The van der Waals surface area contributed by atoms with E-state index in [9.17, 15) is 5.11 Å². The standard InChI is InChI=1S/C10H20N2O2/c1-8-2-4-14-5-3-12(8)9-6-11-7-10(9)13/h8-11,13H,2-7H2,1H3/t8?,9-,10-/m1/s1. The fourth-order valence-corrected chi connectivity index (χ4v) is 2.39. The molecule has 2 fully saturated rings. The molecule has 0 aromatic heterocycles. The largest absolute Gasteiger partial charge is 0.390 e. The van der Waals surface area contributed by atoms with Gasteiger partial charge in [-0.05, 0) is 13.3 Å². The molecule has 1 unspecified atom stereocenters. The number of hydrogen-bond donors (Lipinski definition) is 2. The van der Waals surface area contributed by atoms with Crippen molar-refractivity contribution in [3.63, 3.8) is 0 Å². The van der Waals surface area contributed by atoms with E-state index in [-0.39, 0.29) is 12.1 Å². The lowest BCUT2D eigenvalue weighted by molar-refractivity contribution is 0.0577. The maximum atomic E-state index is 9.81. The van der Waals surface area contributed by atoms with Gasteiger partial charge in [0.1, 0.15) is 0 Å². The lowest BCUT2D eigenvalue weighted by Crippen LogP contribution is -2.48. The summed E-state index contributed by atoms with van der Waals surface area (Å²) in [6.07, 6.45) is 0.860. The molecular weight excluding hydrogens is 180 g/mol. The fourth-order valence-electron chi connectivity index (χ4n) is 2.39. The van der Waals surface area contributed by atoms with Crippen molar-refractivity contribution in [3.8, 4) is 0 Å². The Kier molecular flexibility index (Phi) is 3.38. The second-order valence-electron chi connectivity index (χ2n) is 4.28. The molecule has 0 radical (unpaired) electrons. The zero-order valence-corrected chi connectivity index (χ0v) is 8.78. The Balaban J connectivity index is 1.99. The topological polar surface area (TPSA) is 44.7 Å². The van der Waals surface area contributed by atoms with Gasteiger partial charge in [-0.15, -0.1) is 0 Å². The molecule has 2 aliphatic heterocycles. The third-order valence-electron chi connectivity index (χ3n) is 3.32. The van der Waals surface area contributed by atoms with E-state index in [0.717, 1.165) is 39.3 Å². The first-order valence-electron chi connectivity index (χ1n) is 5.51. The first-order valence-corrected chi connectivity index (χ1v) is 5.51. The molecule has 2 heterocycles. The highest BCUT2D eigenvalue weighted by Crippen LogP contribution is 2.16. The van der Waals surface area contributed by atoms with Crippen LogP contribution < -0.4 is 5.32 Å². The summed E-state index contributed by atoms with van der Waals surface area (Å²) in [4.78, 5) is 2.39.